The number of nitrogens with one attached hydrogen (secondary N) is 8. The largest absolute Gasteiger partial charge is 0.370 e. The predicted molar refractivity (Wildman–Crippen MR) is 356 cm³/mol. The summed E-state index contributed by atoms with van der Waals surface area (Å²) in [6, 6.07) is 4.51. The van der Waals surface area contributed by atoms with E-state index in [1.807, 2.05) is 20.1 Å². The van der Waals surface area contributed by atoms with Crippen molar-refractivity contribution in [1.29, 1.82) is 0 Å². The van der Waals surface area contributed by atoms with Crippen LogP contribution in [0.1, 0.15) is 121 Å². The van der Waals surface area contributed by atoms with Gasteiger partial charge in [0.15, 0.2) is 5.96 Å². The molecule has 524 valence electrons. The lowest BCUT2D eigenvalue weighted by atomic mass is 10.0. The fraction of sp³-hybridized carbons (Fsp3) is 0.587. The number of thioether (sulfide) groups is 1. The highest BCUT2D eigenvalue weighted by Gasteiger charge is 2.42. The van der Waals surface area contributed by atoms with Crippen LogP contribution in [0.15, 0.2) is 65.7 Å². The van der Waals surface area contributed by atoms with Crippen LogP contribution in [-0.2, 0) is 75.2 Å². The second-order valence-electron chi connectivity index (χ2n) is 24.1. The maximum Gasteiger partial charge on any atom is 0.245 e. The summed E-state index contributed by atoms with van der Waals surface area (Å²) in [6.45, 7) is 3.86. The standard InChI is InChI=1S/C63H98N18O13S/c1-37(2)33-45(57(89)74-41(53(68)85)27-32-95-3)73-52(84)36-72-54(86)46(34-38-15-6-4-7-16-38)78-58(90)47(35-39-17-8-5-9-18-39)79-56(88)42(23-25-50(66)82)75-55(87)43(24-26-51(67)83)76-59(91)49-22-14-31-81(49)62(94)44(20-10-11-28-64)77-60(92)48-21-13-30-80(48)61(93)40(65)19-12-29-71-63(69)70/h4-9,15-18,37,40-49H,10-14,19-36,64-65H2,1-3H3,(H2,66,82)(H2,67,83)(H2,68,85)(H,72,86)(H,73,84)(H,74,89)(H,75,87)(H,76,91)(H,77,92)(H,78,90)(H,79,88)(H4,69,70,71)/t40-,41+,42+,43+,44-,45+,46+,47-,48+,49-/m1/s1. The smallest absolute Gasteiger partial charge is 0.245 e. The van der Waals surface area contributed by atoms with E-state index in [4.69, 9.17) is 40.1 Å². The fourth-order valence-electron chi connectivity index (χ4n) is 11.0. The topological polar surface area (TPSA) is 519 Å². The van der Waals surface area contributed by atoms with Crippen LogP contribution in [0.25, 0.3) is 0 Å². The molecule has 2 aromatic carbocycles. The van der Waals surface area contributed by atoms with Crippen molar-refractivity contribution in [2.45, 2.75) is 183 Å². The molecule has 2 heterocycles. The van der Waals surface area contributed by atoms with E-state index in [-0.39, 0.29) is 83.0 Å². The Morgan fingerprint density at radius 2 is 1.01 bits per heavy atom. The number of primary amides is 3. The third-order valence-electron chi connectivity index (χ3n) is 16.0. The zero-order valence-electron chi connectivity index (χ0n) is 54.5. The normalized spacial score (nSPS) is 16.8. The lowest BCUT2D eigenvalue weighted by Gasteiger charge is -2.32. The monoisotopic (exact) mass is 1350 g/mol. The minimum absolute atomic E-state index is 0.0736. The number of amides is 13. The molecule has 0 bridgehead atoms. The number of aliphatic imine (C=N–C) groups is 1. The van der Waals surface area contributed by atoms with Crippen molar-refractivity contribution in [2.24, 2.45) is 51.0 Å². The number of rotatable bonds is 42. The van der Waals surface area contributed by atoms with Crippen molar-refractivity contribution in [3.05, 3.63) is 71.8 Å². The van der Waals surface area contributed by atoms with E-state index < -0.39 is 169 Å². The molecule has 13 amide bonds. The molecule has 22 N–H and O–H groups in total. The summed E-state index contributed by atoms with van der Waals surface area (Å²) in [6.07, 6.45) is 3.12. The van der Waals surface area contributed by atoms with Crippen molar-refractivity contribution >= 4 is 94.5 Å². The van der Waals surface area contributed by atoms with E-state index >= 15 is 0 Å². The third kappa shape index (κ3) is 27.5. The van der Waals surface area contributed by atoms with Crippen molar-refractivity contribution < 1.29 is 62.3 Å². The molecule has 2 aromatic rings. The Morgan fingerprint density at radius 3 is 1.51 bits per heavy atom. The van der Waals surface area contributed by atoms with E-state index in [1.54, 1.807) is 60.7 Å². The van der Waals surface area contributed by atoms with Gasteiger partial charge < -0.3 is 92.5 Å². The Hall–Kier alpha value is -8.91. The van der Waals surface area contributed by atoms with Crippen LogP contribution in [0.4, 0.5) is 0 Å². The summed E-state index contributed by atoms with van der Waals surface area (Å²) in [5.74, 6) is -9.80. The highest BCUT2D eigenvalue weighted by Crippen LogP contribution is 2.24. The third-order valence-corrected chi connectivity index (χ3v) is 16.7. The Morgan fingerprint density at radius 1 is 0.537 bits per heavy atom. The van der Waals surface area contributed by atoms with Crippen LogP contribution in [0.5, 0.6) is 0 Å². The van der Waals surface area contributed by atoms with Gasteiger partial charge in [-0.1, -0.05) is 74.5 Å². The number of benzene rings is 2. The molecule has 0 unspecified atom stereocenters. The summed E-state index contributed by atoms with van der Waals surface area (Å²) < 4.78 is 0. The first-order valence-electron chi connectivity index (χ1n) is 32.2. The second kappa shape index (κ2) is 41.0. The number of unbranched alkanes of at least 4 members (excludes halogenated alkanes) is 1. The average Bonchev–Trinajstić information content (AvgIpc) is 1.74. The highest BCUT2D eigenvalue weighted by atomic mass is 32.2. The zero-order chi connectivity index (χ0) is 70.1. The first kappa shape index (κ1) is 78.5. The maximum absolute atomic E-state index is 14.7. The minimum Gasteiger partial charge on any atom is -0.370 e. The number of hydrogen-bond donors (Lipinski definition) is 15. The van der Waals surface area contributed by atoms with E-state index in [0.717, 1.165) is 0 Å². The molecule has 2 aliphatic rings. The Balaban J connectivity index is 1.56. The van der Waals surface area contributed by atoms with Gasteiger partial charge in [0.2, 0.25) is 76.8 Å². The first-order valence-corrected chi connectivity index (χ1v) is 33.6. The molecule has 0 aliphatic carbocycles. The number of carbonyl (C=O) groups is 13. The summed E-state index contributed by atoms with van der Waals surface area (Å²) in [5, 5.41) is 21.1. The Labute approximate surface area is 558 Å². The second-order valence-corrected chi connectivity index (χ2v) is 25.1. The van der Waals surface area contributed by atoms with Crippen LogP contribution in [-0.4, -0.2) is 198 Å². The van der Waals surface area contributed by atoms with Gasteiger partial charge in [-0.3, -0.25) is 67.3 Å². The summed E-state index contributed by atoms with van der Waals surface area (Å²) in [4.78, 5) is 185. The molecule has 2 fully saturated rings. The van der Waals surface area contributed by atoms with Crippen LogP contribution in [0, 0.1) is 5.92 Å². The van der Waals surface area contributed by atoms with E-state index in [2.05, 4.69) is 47.5 Å². The minimum atomic E-state index is -1.64. The van der Waals surface area contributed by atoms with Crippen LogP contribution >= 0.6 is 11.8 Å². The number of hydrogen-bond acceptors (Lipinski definition) is 17. The van der Waals surface area contributed by atoms with Crippen molar-refractivity contribution in [1.82, 2.24) is 52.3 Å². The lowest BCUT2D eigenvalue weighted by Crippen LogP contribution is -2.60. The summed E-state index contributed by atoms with van der Waals surface area (Å²) >= 11 is 1.45. The molecule has 0 spiro atoms. The first-order chi connectivity index (χ1) is 45.2. The summed E-state index contributed by atoms with van der Waals surface area (Å²) in [7, 11) is 0. The van der Waals surface area contributed by atoms with E-state index in [9.17, 15) is 62.3 Å². The summed E-state index contributed by atoms with van der Waals surface area (Å²) in [5.41, 5.74) is 40.6. The highest BCUT2D eigenvalue weighted by molar-refractivity contribution is 7.98. The number of nitrogens with zero attached hydrogens (tertiary/aromatic N) is 3. The molecule has 2 saturated heterocycles. The van der Waals surface area contributed by atoms with E-state index in [1.165, 1.54) is 21.6 Å². The van der Waals surface area contributed by atoms with Gasteiger partial charge in [-0.15, -0.1) is 0 Å². The zero-order valence-corrected chi connectivity index (χ0v) is 55.3. The molecule has 0 saturated carbocycles. The molecular formula is C63H98N18O13S. The molecule has 95 heavy (non-hydrogen) atoms. The van der Waals surface area contributed by atoms with Gasteiger partial charge >= 0.3 is 0 Å². The molecule has 0 aromatic heterocycles. The van der Waals surface area contributed by atoms with Gasteiger partial charge in [0.1, 0.15) is 54.4 Å². The lowest BCUT2D eigenvalue weighted by molar-refractivity contribution is -0.144. The van der Waals surface area contributed by atoms with Gasteiger partial charge in [0.05, 0.1) is 12.6 Å². The number of guanidine groups is 1. The Bertz CT molecular complexity index is 2960. The molecule has 31 nitrogen and oxygen atoms in total. The Kier molecular flexibility index (Phi) is 33.9. The number of likely N-dealkylation sites (tertiary alicyclic amines) is 2. The van der Waals surface area contributed by atoms with Gasteiger partial charge in [-0.25, -0.2) is 0 Å². The SMILES string of the molecule is CSCC[C@H](NC(=O)[C@H](CC(C)C)NC(=O)CNC(=O)[C@H](Cc1ccccc1)NC(=O)[C@@H](Cc1ccccc1)NC(=O)[C@H](CCC(N)=O)NC(=O)[C@H](CCC(N)=O)NC(=O)[C@H]1CCCN1C(=O)[C@@H](CCCCN)NC(=O)[C@@H]1CCCN1C(=O)[C@H](N)CCCN=C(N)N)C(N)=O. The fourth-order valence-corrected chi connectivity index (χ4v) is 11.5. The molecule has 32 heteroatoms. The molecule has 2 aliphatic heterocycles. The van der Waals surface area contributed by atoms with Crippen LogP contribution < -0.4 is 82.7 Å². The van der Waals surface area contributed by atoms with Gasteiger partial charge in [0, 0.05) is 45.3 Å². The average molecular weight is 1350 g/mol. The van der Waals surface area contributed by atoms with Crippen LogP contribution in [0.3, 0.4) is 0 Å². The van der Waals surface area contributed by atoms with Crippen LogP contribution in [0.2, 0.25) is 0 Å². The van der Waals surface area contributed by atoms with Gasteiger partial charge in [0.25, 0.3) is 0 Å². The van der Waals surface area contributed by atoms with Crippen molar-refractivity contribution in [3.63, 3.8) is 0 Å². The molecule has 10 atom stereocenters. The molecular weight excluding hydrogens is 1250 g/mol. The number of carbonyl (C=O) groups excluding carboxylic acids is 13. The van der Waals surface area contributed by atoms with Gasteiger partial charge in [-0.05, 0) is 119 Å². The predicted octanol–water partition coefficient (Wildman–Crippen LogP) is -3.71. The maximum atomic E-state index is 14.7. The number of nitrogens with two attached hydrogens (primary N) is 7. The molecule has 0 radical (unpaired) electrons. The molecule has 4 rings (SSSR count). The van der Waals surface area contributed by atoms with Gasteiger partial charge in [-0.2, -0.15) is 11.8 Å². The van der Waals surface area contributed by atoms with Crippen molar-refractivity contribution in [2.75, 3.05) is 44.7 Å². The quantitative estimate of drug-likeness (QED) is 0.0173. The van der Waals surface area contributed by atoms with Crippen molar-refractivity contribution in [3.8, 4) is 0 Å². The van der Waals surface area contributed by atoms with E-state index in [0.29, 0.717) is 55.4 Å².